The number of hydrogen-bond acceptors (Lipinski definition) is 4. The van der Waals surface area contributed by atoms with E-state index in [1.807, 2.05) is 31.2 Å². The lowest BCUT2D eigenvalue weighted by Crippen LogP contribution is -2.39. The summed E-state index contributed by atoms with van der Waals surface area (Å²) >= 11 is 0. The topological polar surface area (TPSA) is 81.3 Å². The molecule has 0 aliphatic heterocycles. The van der Waals surface area contributed by atoms with Gasteiger partial charge in [-0.2, -0.15) is 0 Å². The van der Waals surface area contributed by atoms with Crippen LogP contribution in [0.3, 0.4) is 0 Å². The summed E-state index contributed by atoms with van der Waals surface area (Å²) in [5, 5.41) is 10.1. The van der Waals surface area contributed by atoms with Crippen LogP contribution in [-0.2, 0) is 9.59 Å². The van der Waals surface area contributed by atoms with Crippen LogP contribution in [0.15, 0.2) is 30.8 Å². The molecule has 0 heterocycles. The van der Waals surface area contributed by atoms with E-state index in [-0.39, 0.29) is 0 Å². The molecule has 1 rings (SSSR count). The maximum atomic E-state index is 11.0. The molecule has 0 fully saturated rings. The van der Waals surface area contributed by atoms with Crippen molar-refractivity contribution in [2.75, 3.05) is 0 Å². The minimum absolute atomic E-state index is 0.483. The Hall–Kier alpha value is -2.30. The van der Waals surface area contributed by atoms with Gasteiger partial charge in [-0.1, -0.05) is 36.4 Å². The molecule has 1 aromatic rings. The average Bonchev–Trinajstić information content (AvgIpc) is 2.26. The highest BCUT2D eigenvalue weighted by molar-refractivity contribution is 5.92. The molecule has 0 aliphatic carbocycles. The minimum Gasteiger partial charge on any atom is -0.550 e. The number of hydrazine groups is 1. The molecule has 17 heavy (non-hydrogen) atoms. The molecular formula is C12H13N2O3-. The number of hydrogen-bond donors (Lipinski definition) is 2. The van der Waals surface area contributed by atoms with Crippen LogP contribution in [0.5, 0.6) is 0 Å². The van der Waals surface area contributed by atoms with Crippen LogP contribution < -0.4 is 16.0 Å². The van der Waals surface area contributed by atoms with Crippen molar-refractivity contribution in [3.63, 3.8) is 0 Å². The number of carboxylic acids is 1. The van der Waals surface area contributed by atoms with Crippen molar-refractivity contribution >= 4 is 17.6 Å². The van der Waals surface area contributed by atoms with Gasteiger partial charge in [-0.15, -0.1) is 0 Å². The average molecular weight is 233 g/mol. The van der Waals surface area contributed by atoms with Crippen LogP contribution in [0, 0.1) is 6.92 Å². The van der Waals surface area contributed by atoms with Crippen LogP contribution in [-0.4, -0.2) is 11.9 Å². The number of carboxylic acid groups (broad SMARTS) is 1. The van der Waals surface area contributed by atoms with Crippen LogP contribution in [0.4, 0.5) is 0 Å². The second-order valence-corrected chi connectivity index (χ2v) is 3.57. The van der Waals surface area contributed by atoms with Crippen LogP contribution >= 0.6 is 0 Å². The molecule has 0 aromatic heterocycles. The Balaban J connectivity index is 2.47. The molecule has 0 saturated heterocycles. The van der Waals surface area contributed by atoms with Gasteiger partial charge >= 0.3 is 0 Å². The maximum absolute atomic E-state index is 11.0. The first-order valence-electron chi connectivity index (χ1n) is 4.99. The molecule has 0 saturated carbocycles. The fraction of sp³-hybridized carbons (Fsp3) is 0.167. The van der Waals surface area contributed by atoms with E-state index in [0.29, 0.717) is 5.70 Å². The van der Waals surface area contributed by atoms with Crippen molar-refractivity contribution in [1.29, 1.82) is 0 Å². The number of aliphatic carboxylic acids is 1. The maximum Gasteiger partial charge on any atom is 0.243 e. The Kier molecular flexibility index (Phi) is 4.28. The Morgan fingerprint density at radius 1 is 1.24 bits per heavy atom. The number of carbonyl (C=O) groups is 2. The Labute approximate surface area is 99.1 Å². The van der Waals surface area contributed by atoms with E-state index < -0.39 is 18.3 Å². The summed E-state index contributed by atoms with van der Waals surface area (Å²) < 4.78 is 0. The zero-order valence-corrected chi connectivity index (χ0v) is 9.45. The van der Waals surface area contributed by atoms with E-state index in [2.05, 4.69) is 17.4 Å². The molecule has 2 N–H and O–H groups in total. The number of nitrogens with one attached hydrogen (secondary N) is 2. The Bertz CT molecular complexity index is 438. The highest BCUT2D eigenvalue weighted by Crippen LogP contribution is 2.09. The van der Waals surface area contributed by atoms with Gasteiger partial charge in [-0.3, -0.25) is 15.6 Å². The van der Waals surface area contributed by atoms with E-state index in [1.54, 1.807) is 0 Å². The van der Waals surface area contributed by atoms with E-state index in [0.717, 1.165) is 11.1 Å². The number of amides is 1. The van der Waals surface area contributed by atoms with E-state index >= 15 is 0 Å². The predicted octanol–water partition coefficient (Wildman–Crippen LogP) is -0.273. The molecule has 0 bridgehead atoms. The third-order valence-corrected chi connectivity index (χ3v) is 2.06. The molecule has 0 radical (unpaired) electrons. The molecular weight excluding hydrogens is 220 g/mol. The highest BCUT2D eigenvalue weighted by atomic mass is 16.4. The Morgan fingerprint density at radius 2 is 1.82 bits per heavy atom. The third-order valence-electron chi connectivity index (χ3n) is 2.06. The lowest BCUT2D eigenvalue weighted by Gasteiger charge is -2.11. The Morgan fingerprint density at radius 3 is 2.35 bits per heavy atom. The zero-order valence-electron chi connectivity index (χ0n) is 9.45. The van der Waals surface area contributed by atoms with Gasteiger partial charge in [0.25, 0.3) is 0 Å². The van der Waals surface area contributed by atoms with Gasteiger partial charge in [-0.25, -0.2) is 0 Å². The smallest absolute Gasteiger partial charge is 0.243 e. The first-order chi connectivity index (χ1) is 7.99. The van der Waals surface area contributed by atoms with Crippen molar-refractivity contribution in [3.8, 4) is 0 Å². The quantitative estimate of drug-likeness (QED) is 0.541. The lowest BCUT2D eigenvalue weighted by molar-refractivity contribution is -0.304. The van der Waals surface area contributed by atoms with Crippen LogP contribution in [0.1, 0.15) is 17.5 Å². The van der Waals surface area contributed by atoms with E-state index in [4.69, 9.17) is 0 Å². The zero-order chi connectivity index (χ0) is 12.8. The van der Waals surface area contributed by atoms with Crippen LogP contribution in [0.25, 0.3) is 5.70 Å². The van der Waals surface area contributed by atoms with Crippen molar-refractivity contribution in [1.82, 2.24) is 10.9 Å². The monoisotopic (exact) mass is 233 g/mol. The number of aryl methyl sites for hydroxylation is 1. The second-order valence-electron chi connectivity index (χ2n) is 3.57. The summed E-state index contributed by atoms with van der Waals surface area (Å²) in [7, 11) is 0. The minimum atomic E-state index is -1.43. The molecule has 5 nitrogen and oxygen atoms in total. The van der Waals surface area contributed by atoms with Crippen molar-refractivity contribution in [2.24, 2.45) is 0 Å². The molecule has 1 amide bonds. The molecule has 0 unspecified atom stereocenters. The van der Waals surface area contributed by atoms with Gasteiger partial charge in [0.05, 0.1) is 18.1 Å². The van der Waals surface area contributed by atoms with Crippen molar-refractivity contribution < 1.29 is 14.7 Å². The fourth-order valence-electron chi connectivity index (χ4n) is 1.15. The highest BCUT2D eigenvalue weighted by Gasteiger charge is 2.02. The number of rotatable bonds is 5. The number of benzene rings is 1. The van der Waals surface area contributed by atoms with Gasteiger partial charge in [0, 0.05) is 0 Å². The fourth-order valence-corrected chi connectivity index (χ4v) is 1.15. The van der Waals surface area contributed by atoms with Gasteiger partial charge in [-0.05, 0) is 12.5 Å². The summed E-state index contributed by atoms with van der Waals surface area (Å²) in [4.78, 5) is 21.1. The molecule has 0 spiro atoms. The SMILES string of the molecule is C=C(NNC(=O)CC(=O)[O-])c1ccc(C)cc1. The standard InChI is InChI=1S/C12H14N2O3/c1-8-3-5-10(6-4-8)9(2)13-14-11(15)7-12(16)17/h3-6,13H,2,7H2,1H3,(H,14,15)(H,16,17)/p-1. The van der Waals surface area contributed by atoms with Gasteiger partial charge in [0.1, 0.15) is 0 Å². The molecule has 90 valence electrons. The van der Waals surface area contributed by atoms with Gasteiger partial charge in [0.15, 0.2) is 0 Å². The van der Waals surface area contributed by atoms with Gasteiger partial charge in [0.2, 0.25) is 5.91 Å². The third kappa shape index (κ3) is 4.38. The van der Waals surface area contributed by atoms with E-state index in [9.17, 15) is 14.7 Å². The summed E-state index contributed by atoms with van der Waals surface area (Å²) in [6.07, 6.45) is -0.686. The largest absolute Gasteiger partial charge is 0.550 e. The summed E-state index contributed by atoms with van der Waals surface area (Å²) in [6.45, 7) is 5.68. The summed E-state index contributed by atoms with van der Waals surface area (Å²) in [6, 6.07) is 7.50. The molecule has 0 aliphatic rings. The normalized spacial score (nSPS) is 9.47. The van der Waals surface area contributed by atoms with Gasteiger partial charge < -0.3 is 9.90 Å². The first kappa shape index (κ1) is 12.8. The van der Waals surface area contributed by atoms with Crippen LogP contribution in [0.2, 0.25) is 0 Å². The molecule has 0 atom stereocenters. The molecule has 5 heteroatoms. The summed E-state index contributed by atoms with van der Waals surface area (Å²) in [5.74, 6) is -2.11. The van der Waals surface area contributed by atoms with E-state index in [1.165, 1.54) is 0 Å². The lowest BCUT2D eigenvalue weighted by atomic mass is 10.1. The summed E-state index contributed by atoms with van der Waals surface area (Å²) in [5.41, 5.74) is 7.16. The predicted molar refractivity (Wildman–Crippen MR) is 61.1 cm³/mol. The number of carbonyl (C=O) groups excluding carboxylic acids is 2. The molecule has 1 aromatic carbocycles. The van der Waals surface area contributed by atoms with Crippen molar-refractivity contribution in [3.05, 3.63) is 42.0 Å². The van der Waals surface area contributed by atoms with Crippen molar-refractivity contribution in [2.45, 2.75) is 13.3 Å². The second kappa shape index (κ2) is 5.69. The first-order valence-corrected chi connectivity index (χ1v) is 4.99.